The molecule has 0 heterocycles. The summed E-state index contributed by atoms with van der Waals surface area (Å²) in [5.41, 5.74) is 1.16. The average molecular weight is 163 g/mol. The van der Waals surface area contributed by atoms with Gasteiger partial charge in [-0.15, -0.1) is 0 Å². The Kier molecular flexibility index (Phi) is 2.53. The Morgan fingerprint density at radius 2 is 1.75 bits per heavy atom. The summed E-state index contributed by atoms with van der Waals surface area (Å²) in [5.74, 6) is 0. The van der Waals surface area contributed by atoms with Gasteiger partial charge in [-0.1, -0.05) is 36.8 Å². The van der Waals surface area contributed by atoms with E-state index in [2.05, 4.69) is 0 Å². The molecule has 0 aliphatic carbocycles. The van der Waals surface area contributed by atoms with E-state index in [0.717, 1.165) is 5.56 Å². The Morgan fingerprint density at radius 3 is 2.17 bits per heavy atom. The summed E-state index contributed by atoms with van der Waals surface area (Å²) in [6, 6.07) is 7.82. The fourth-order valence-corrected chi connectivity index (χ4v) is 1.11. The molecule has 1 unspecified atom stereocenters. The molecular formula is C11H15O. The van der Waals surface area contributed by atoms with Crippen molar-refractivity contribution in [1.82, 2.24) is 0 Å². The van der Waals surface area contributed by atoms with Crippen molar-refractivity contribution in [3.8, 4) is 0 Å². The molecular weight excluding hydrogens is 148 g/mol. The van der Waals surface area contributed by atoms with Gasteiger partial charge in [0.25, 0.3) is 0 Å². The Hall–Kier alpha value is -0.820. The molecule has 0 fully saturated rings. The minimum absolute atomic E-state index is 0.635. The van der Waals surface area contributed by atoms with Crippen molar-refractivity contribution < 1.29 is 5.11 Å². The van der Waals surface area contributed by atoms with E-state index in [1.165, 1.54) is 5.56 Å². The van der Waals surface area contributed by atoms with Crippen LogP contribution in [0.15, 0.2) is 24.3 Å². The third-order valence-corrected chi connectivity index (χ3v) is 2.34. The minimum Gasteiger partial charge on any atom is -0.225 e. The van der Waals surface area contributed by atoms with Gasteiger partial charge in [0, 0.05) is 0 Å². The Labute approximate surface area is 74.1 Å². The van der Waals surface area contributed by atoms with Crippen LogP contribution in [0.5, 0.6) is 0 Å². The van der Waals surface area contributed by atoms with Gasteiger partial charge in [0.15, 0.2) is 0 Å². The highest BCUT2D eigenvalue weighted by Gasteiger charge is 2.22. The number of hydrogen-bond acceptors (Lipinski definition) is 0. The molecule has 0 aliphatic heterocycles. The van der Waals surface area contributed by atoms with Crippen molar-refractivity contribution in [2.24, 2.45) is 0 Å². The fourth-order valence-electron chi connectivity index (χ4n) is 1.11. The van der Waals surface area contributed by atoms with Gasteiger partial charge < -0.3 is 0 Å². The van der Waals surface area contributed by atoms with Gasteiger partial charge in [0.1, 0.15) is 5.60 Å². The standard InChI is InChI=1S/C11H15O/c1-4-11(3,12)10-7-5-9(2)6-8-10/h5-8H,4H2,1-3H3. The predicted molar refractivity (Wildman–Crippen MR) is 49.5 cm³/mol. The summed E-state index contributed by atoms with van der Waals surface area (Å²) in [4.78, 5) is 0. The summed E-state index contributed by atoms with van der Waals surface area (Å²) in [7, 11) is 0. The van der Waals surface area contributed by atoms with E-state index >= 15 is 0 Å². The van der Waals surface area contributed by atoms with E-state index in [4.69, 9.17) is 0 Å². The largest absolute Gasteiger partial charge is 0.225 e. The molecule has 0 N–H and O–H groups in total. The van der Waals surface area contributed by atoms with Crippen LogP contribution in [0.3, 0.4) is 0 Å². The van der Waals surface area contributed by atoms with Gasteiger partial charge in [0.05, 0.1) is 0 Å². The lowest BCUT2D eigenvalue weighted by molar-refractivity contribution is -0.0213. The molecule has 1 radical (unpaired) electrons. The van der Waals surface area contributed by atoms with Crippen molar-refractivity contribution in [2.45, 2.75) is 32.8 Å². The first-order valence-electron chi connectivity index (χ1n) is 4.34. The van der Waals surface area contributed by atoms with E-state index in [-0.39, 0.29) is 0 Å². The smallest absolute Gasteiger partial charge is 0.125 e. The molecule has 0 amide bonds. The molecule has 0 saturated carbocycles. The predicted octanol–water partition coefficient (Wildman–Crippen LogP) is 3.05. The maximum Gasteiger partial charge on any atom is 0.125 e. The van der Waals surface area contributed by atoms with Crippen LogP contribution in [0.2, 0.25) is 0 Å². The zero-order valence-corrected chi connectivity index (χ0v) is 7.92. The zero-order chi connectivity index (χ0) is 9.19. The van der Waals surface area contributed by atoms with Crippen LogP contribution in [-0.4, -0.2) is 0 Å². The average Bonchev–Trinajstić information content (AvgIpc) is 2.05. The SMILES string of the molecule is CCC(C)([O])c1ccc(C)cc1. The normalized spacial score (nSPS) is 15.7. The summed E-state index contributed by atoms with van der Waals surface area (Å²) in [6.45, 7) is 5.68. The van der Waals surface area contributed by atoms with Crippen molar-refractivity contribution in [3.63, 3.8) is 0 Å². The first kappa shape index (κ1) is 9.27. The summed E-state index contributed by atoms with van der Waals surface area (Å²) >= 11 is 0. The molecule has 1 heteroatoms. The maximum absolute atomic E-state index is 11.8. The Bertz CT molecular complexity index is 246. The van der Waals surface area contributed by atoms with Gasteiger partial charge >= 0.3 is 0 Å². The van der Waals surface area contributed by atoms with Crippen LogP contribution in [0.25, 0.3) is 0 Å². The summed E-state index contributed by atoms with van der Waals surface area (Å²) in [6.07, 6.45) is 0.635. The number of aryl methyl sites for hydroxylation is 1. The van der Waals surface area contributed by atoms with Crippen molar-refractivity contribution in [3.05, 3.63) is 35.4 Å². The molecule has 1 atom stereocenters. The van der Waals surface area contributed by atoms with Crippen LogP contribution >= 0.6 is 0 Å². The van der Waals surface area contributed by atoms with Gasteiger partial charge in [-0.2, -0.15) is 0 Å². The second-order valence-electron chi connectivity index (χ2n) is 3.45. The van der Waals surface area contributed by atoms with E-state index in [1.807, 2.05) is 38.1 Å². The number of benzene rings is 1. The lowest BCUT2D eigenvalue weighted by atomic mass is 9.93. The fraction of sp³-hybridized carbons (Fsp3) is 0.455. The Balaban J connectivity index is 2.96. The molecule has 1 rings (SSSR count). The van der Waals surface area contributed by atoms with Gasteiger partial charge in [-0.05, 0) is 25.8 Å². The minimum atomic E-state index is -0.923. The van der Waals surface area contributed by atoms with E-state index < -0.39 is 5.60 Å². The van der Waals surface area contributed by atoms with Crippen LogP contribution in [0.4, 0.5) is 0 Å². The topological polar surface area (TPSA) is 19.9 Å². The highest BCUT2D eigenvalue weighted by atomic mass is 16.3. The first-order chi connectivity index (χ1) is 5.56. The Morgan fingerprint density at radius 1 is 1.25 bits per heavy atom. The van der Waals surface area contributed by atoms with Crippen LogP contribution in [-0.2, 0) is 10.7 Å². The molecule has 0 spiro atoms. The van der Waals surface area contributed by atoms with Gasteiger partial charge in [-0.3, -0.25) is 0 Å². The van der Waals surface area contributed by atoms with Crippen LogP contribution < -0.4 is 0 Å². The van der Waals surface area contributed by atoms with E-state index in [1.54, 1.807) is 6.92 Å². The van der Waals surface area contributed by atoms with E-state index in [0.29, 0.717) is 6.42 Å². The molecule has 1 aromatic rings. The molecule has 1 nitrogen and oxygen atoms in total. The second-order valence-corrected chi connectivity index (χ2v) is 3.45. The third-order valence-electron chi connectivity index (χ3n) is 2.34. The lowest BCUT2D eigenvalue weighted by Crippen LogP contribution is -2.17. The molecule has 0 saturated heterocycles. The van der Waals surface area contributed by atoms with Crippen LogP contribution in [0, 0.1) is 6.92 Å². The first-order valence-corrected chi connectivity index (χ1v) is 4.34. The maximum atomic E-state index is 11.8. The number of rotatable bonds is 2. The van der Waals surface area contributed by atoms with Crippen LogP contribution in [0.1, 0.15) is 31.4 Å². The highest BCUT2D eigenvalue weighted by molar-refractivity contribution is 5.25. The molecule has 65 valence electrons. The van der Waals surface area contributed by atoms with Crippen molar-refractivity contribution in [2.75, 3.05) is 0 Å². The van der Waals surface area contributed by atoms with Crippen molar-refractivity contribution in [1.29, 1.82) is 0 Å². The molecule has 1 aromatic carbocycles. The summed E-state index contributed by atoms with van der Waals surface area (Å²) in [5, 5.41) is 11.8. The monoisotopic (exact) mass is 163 g/mol. The quantitative estimate of drug-likeness (QED) is 0.638. The van der Waals surface area contributed by atoms with E-state index in [9.17, 15) is 5.11 Å². The van der Waals surface area contributed by atoms with Gasteiger partial charge in [0.2, 0.25) is 0 Å². The second kappa shape index (κ2) is 3.28. The molecule has 0 aromatic heterocycles. The summed E-state index contributed by atoms with van der Waals surface area (Å²) < 4.78 is 0. The third kappa shape index (κ3) is 1.86. The lowest BCUT2D eigenvalue weighted by Gasteiger charge is -2.18. The zero-order valence-electron chi connectivity index (χ0n) is 7.92. The highest BCUT2D eigenvalue weighted by Crippen LogP contribution is 2.24. The van der Waals surface area contributed by atoms with Crippen molar-refractivity contribution >= 4 is 0 Å². The number of hydrogen-bond donors (Lipinski definition) is 0. The van der Waals surface area contributed by atoms with Gasteiger partial charge in [-0.25, -0.2) is 5.11 Å². The molecule has 0 bridgehead atoms. The molecule has 12 heavy (non-hydrogen) atoms. The molecule has 0 aliphatic rings.